The van der Waals surface area contributed by atoms with E-state index in [2.05, 4.69) is 12.2 Å². The molecule has 2 saturated carbocycles. The number of amides is 2. The van der Waals surface area contributed by atoms with Gasteiger partial charge >= 0.3 is 0 Å². The molecular formula is C16H26N2O2. The highest BCUT2D eigenvalue weighted by Gasteiger charge is 2.56. The summed E-state index contributed by atoms with van der Waals surface area (Å²) in [5.74, 6) is 1.09. The average molecular weight is 278 g/mol. The van der Waals surface area contributed by atoms with Gasteiger partial charge in [0, 0.05) is 6.04 Å². The number of rotatable bonds is 3. The van der Waals surface area contributed by atoms with Crippen molar-refractivity contribution in [1.82, 2.24) is 10.2 Å². The normalized spacial score (nSPS) is 42.0. The highest BCUT2D eigenvalue weighted by atomic mass is 16.2. The molecule has 2 aliphatic carbocycles. The largest absolute Gasteiger partial charge is 0.340 e. The number of nitrogens with zero attached hydrogens (tertiary/aromatic N) is 1. The number of piperazine rings is 1. The first-order valence-corrected chi connectivity index (χ1v) is 8.13. The molecule has 0 aromatic heterocycles. The van der Waals surface area contributed by atoms with E-state index in [9.17, 15) is 9.59 Å². The van der Waals surface area contributed by atoms with Gasteiger partial charge in [-0.25, -0.2) is 0 Å². The second-order valence-electron chi connectivity index (χ2n) is 7.08. The Morgan fingerprint density at radius 3 is 2.45 bits per heavy atom. The summed E-state index contributed by atoms with van der Waals surface area (Å²) in [6.45, 7) is 6.16. The molecule has 0 aromatic rings. The third-order valence-corrected chi connectivity index (χ3v) is 5.65. The molecule has 3 aliphatic rings. The van der Waals surface area contributed by atoms with E-state index in [0.717, 1.165) is 19.3 Å². The summed E-state index contributed by atoms with van der Waals surface area (Å²) < 4.78 is 0. The number of hydrogen-bond donors (Lipinski definition) is 1. The van der Waals surface area contributed by atoms with Crippen molar-refractivity contribution in [2.45, 2.75) is 76.9 Å². The molecule has 0 bridgehead atoms. The molecule has 4 unspecified atom stereocenters. The first kappa shape index (κ1) is 13.9. The molecule has 0 spiro atoms. The van der Waals surface area contributed by atoms with Crippen LogP contribution in [-0.4, -0.2) is 34.3 Å². The number of hydrogen-bond acceptors (Lipinski definition) is 2. The summed E-state index contributed by atoms with van der Waals surface area (Å²) >= 11 is 0. The van der Waals surface area contributed by atoms with Crippen LogP contribution in [0.1, 0.15) is 59.3 Å². The summed E-state index contributed by atoms with van der Waals surface area (Å²) in [7, 11) is 0. The molecule has 4 nitrogen and oxygen atoms in total. The molecule has 0 aromatic carbocycles. The lowest BCUT2D eigenvalue weighted by atomic mass is 9.86. The molecule has 4 atom stereocenters. The van der Waals surface area contributed by atoms with Gasteiger partial charge in [-0.2, -0.15) is 0 Å². The van der Waals surface area contributed by atoms with Crippen LogP contribution in [0.25, 0.3) is 0 Å². The van der Waals surface area contributed by atoms with Crippen molar-refractivity contribution in [1.29, 1.82) is 0 Å². The van der Waals surface area contributed by atoms with Crippen LogP contribution in [0.5, 0.6) is 0 Å². The fraction of sp³-hybridized carbons (Fsp3) is 0.875. The Bertz CT molecular complexity index is 432. The van der Waals surface area contributed by atoms with Crippen molar-refractivity contribution in [3.63, 3.8) is 0 Å². The molecule has 0 radical (unpaired) electrons. The van der Waals surface area contributed by atoms with E-state index in [1.54, 1.807) is 0 Å². The minimum Gasteiger partial charge on any atom is -0.340 e. The van der Waals surface area contributed by atoms with Gasteiger partial charge < -0.3 is 10.2 Å². The Labute approximate surface area is 121 Å². The van der Waals surface area contributed by atoms with Crippen molar-refractivity contribution >= 4 is 11.8 Å². The first-order chi connectivity index (χ1) is 9.49. The van der Waals surface area contributed by atoms with Gasteiger partial charge in [-0.1, -0.05) is 20.3 Å². The predicted octanol–water partition coefficient (Wildman–Crippen LogP) is 2.08. The Morgan fingerprint density at radius 1 is 1.25 bits per heavy atom. The van der Waals surface area contributed by atoms with Gasteiger partial charge in [-0.15, -0.1) is 0 Å². The molecule has 1 saturated heterocycles. The van der Waals surface area contributed by atoms with Crippen LogP contribution in [0, 0.1) is 11.8 Å². The number of nitrogens with one attached hydrogen (secondary N) is 1. The molecule has 1 N–H and O–H groups in total. The molecule has 2 amide bonds. The lowest BCUT2D eigenvalue weighted by molar-refractivity contribution is -0.159. The molecule has 1 aliphatic heterocycles. The predicted molar refractivity (Wildman–Crippen MR) is 77.0 cm³/mol. The molecule has 112 valence electrons. The minimum atomic E-state index is -0.648. The van der Waals surface area contributed by atoms with E-state index in [1.165, 1.54) is 12.8 Å². The van der Waals surface area contributed by atoms with E-state index in [4.69, 9.17) is 0 Å². The van der Waals surface area contributed by atoms with E-state index >= 15 is 0 Å². The fourth-order valence-corrected chi connectivity index (χ4v) is 4.17. The van der Waals surface area contributed by atoms with E-state index in [-0.39, 0.29) is 23.9 Å². The highest BCUT2D eigenvalue weighted by molar-refractivity contribution is 6.00. The first-order valence-electron chi connectivity index (χ1n) is 8.13. The Kier molecular flexibility index (Phi) is 3.30. The van der Waals surface area contributed by atoms with Crippen LogP contribution in [0.15, 0.2) is 0 Å². The van der Waals surface area contributed by atoms with Gasteiger partial charge in [0.1, 0.15) is 11.6 Å². The standard InChI is InChI=1S/C16H26N2O2/c1-4-12-14(19)17-16(3,11-8-9-11)15(20)18(12)13-7-5-6-10(13)2/h10-13H,4-9H2,1-3H3,(H,17,19). The van der Waals surface area contributed by atoms with Gasteiger partial charge in [0.05, 0.1) is 0 Å². The summed E-state index contributed by atoms with van der Waals surface area (Å²) in [5, 5.41) is 3.04. The number of carbonyl (C=O) groups excluding carboxylic acids is 2. The topological polar surface area (TPSA) is 49.4 Å². The van der Waals surface area contributed by atoms with Crippen molar-refractivity contribution in [3.8, 4) is 0 Å². The molecule has 4 heteroatoms. The van der Waals surface area contributed by atoms with Crippen LogP contribution in [0.3, 0.4) is 0 Å². The van der Waals surface area contributed by atoms with E-state index < -0.39 is 5.54 Å². The van der Waals surface area contributed by atoms with E-state index in [1.807, 2.05) is 18.7 Å². The number of carbonyl (C=O) groups is 2. The van der Waals surface area contributed by atoms with Gasteiger partial charge in [0.2, 0.25) is 11.8 Å². The smallest absolute Gasteiger partial charge is 0.249 e. The summed E-state index contributed by atoms with van der Waals surface area (Å²) in [5.41, 5.74) is -0.648. The fourth-order valence-electron chi connectivity index (χ4n) is 4.17. The zero-order valence-electron chi connectivity index (χ0n) is 12.8. The molecule has 3 fully saturated rings. The van der Waals surface area contributed by atoms with Crippen molar-refractivity contribution in [2.75, 3.05) is 0 Å². The highest BCUT2D eigenvalue weighted by Crippen LogP contribution is 2.44. The zero-order chi connectivity index (χ0) is 14.5. The quantitative estimate of drug-likeness (QED) is 0.859. The van der Waals surface area contributed by atoms with Gasteiger partial charge in [0.25, 0.3) is 0 Å². The lowest BCUT2D eigenvalue weighted by Gasteiger charge is -2.48. The maximum Gasteiger partial charge on any atom is 0.249 e. The third-order valence-electron chi connectivity index (χ3n) is 5.65. The van der Waals surface area contributed by atoms with Crippen LogP contribution < -0.4 is 5.32 Å². The minimum absolute atomic E-state index is 0.0561. The van der Waals surface area contributed by atoms with E-state index in [0.29, 0.717) is 18.3 Å². The van der Waals surface area contributed by atoms with Gasteiger partial charge in [-0.3, -0.25) is 9.59 Å². The maximum absolute atomic E-state index is 13.1. The van der Waals surface area contributed by atoms with Crippen LogP contribution >= 0.6 is 0 Å². The monoisotopic (exact) mass is 278 g/mol. The molecule has 20 heavy (non-hydrogen) atoms. The zero-order valence-corrected chi connectivity index (χ0v) is 12.8. The van der Waals surface area contributed by atoms with Crippen LogP contribution in [-0.2, 0) is 9.59 Å². The van der Waals surface area contributed by atoms with Crippen LogP contribution in [0.2, 0.25) is 0 Å². The molecule has 3 rings (SSSR count). The van der Waals surface area contributed by atoms with Crippen LogP contribution in [0.4, 0.5) is 0 Å². The SMILES string of the molecule is CCC1C(=O)NC(C)(C2CC2)C(=O)N1C1CCCC1C. The summed E-state index contributed by atoms with van der Waals surface area (Å²) in [6, 6.07) is -0.00329. The van der Waals surface area contributed by atoms with Crippen molar-refractivity contribution < 1.29 is 9.59 Å². The summed E-state index contributed by atoms with van der Waals surface area (Å²) in [4.78, 5) is 27.5. The Morgan fingerprint density at radius 2 is 1.95 bits per heavy atom. The third kappa shape index (κ3) is 1.95. The Balaban J connectivity index is 1.93. The second-order valence-corrected chi connectivity index (χ2v) is 7.08. The maximum atomic E-state index is 13.1. The average Bonchev–Trinajstić information content (AvgIpc) is 3.18. The van der Waals surface area contributed by atoms with Crippen molar-refractivity contribution in [2.24, 2.45) is 11.8 Å². The molecular weight excluding hydrogens is 252 g/mol. The lowest BCUT2D eigenvalue weighted by Crippen LogP contribution is -2.72. The Hall–Kier alpha value is -1.06. The van der Waals surface area contributed by atoms with Crippen molar-refractivity contribution in [3.05, 3.63) is 0 Å². The molecule has 1 heterocycles. The summed E-state index contributed by atoms with van der Waals surface area (Å²) in [6.07, 6.45) is 6.24. The second kappa shape index (κ2) is 4.74. The van der Waals surface area contributed by atoms with Gasteiger partial charge in [-0.05, 0) is 50.9 Å². The van der Waals surface area contributed by atoms with Gasteiger partial charge in [0.15, 0.2) is 0 Å².